The minimum atomic E-state index is -0.0130. The largest absolute Gasteiger partial charge is 0.308 e. The Kier molecular flexibility index (Phi) is 3.42. The van der Waals surface area contributed by atoms with Gasteiger partial charge in [-0.2, -0.15) is 0 Å². The molecule has 6 nitrogen and oxygen atoms in total. The van der Waals surface area contributed by atoms with E-state index in [9.17, 15) is 4.79 Å². The van der Waals surface area contributed by atoms with Crippen molar-refractivity contribution in [2.75, 3.05) is 11.4 Å². The van der Waals surface area contributed by atoms with Crippen LogP contribution < -0.4 is 4.90 Å². The monoisotopic (exact) mass is 369 g/mol. The number of carbonyl (C=O) groups is 1. The van der Waals surface area contributed by atoms with Crippen LogP contribution in [0.1, 0.15) is 15.9 Å². The molecule has 1 amide bonds. The molecule has 114 valence electrons. The van der Waals surface area contributed by atoms with Crippen molar-refractivity contribution in [1.29, 1.82) is 0 Å². The van der Waals surface area contributed by atoms with E-state index >= 15 is 0 Å². The first-order chi connectivity index (χ1) is 11.2. The Balaban J connectivity index is 1.68. The van der Waals surface area contributed by atoms with Crippen molar-refractivity contribution in [3.63, 3.8) is 0 Å². The molecule has 0 fully saturated rings. The number of aromatic nitrogens is 4. The van der Waals surface area contributed by atoms with Crippen LogP contribution in [0.15, 0.2) is 53.3 Å². The molecule has 0 saturated carbocycles. The molecular formula is C16H12BrN5O. The van der Waals surface area contributed by atoms with E-state index in [0.717, 1.165) is 22.3 Å². The smallest absolute Gasteiger partial charge is 0.258 e. The van der Waals surface area contributed by atoms with Crippen LogP contribution in [0.2, 0.25) is 0 Å². The van der Waals surface area contributed by atoms with Gasteiger partial charge in [-0.3, -0.25) is 4.79 Å². The summed E-state index contributed by atoms with van der Waals surface area (Å²) in [5.74, 6) is -0.0130. The minimum Gasteiger partial charge on any atom is -0.308 e. The first-order valence-corrected chi connectivity index (χ1v) is 7.95. The van der Waals surface area contributed by atoms with E-state index in [1.807, 2.05) is 35.2 Å². The average Bonchev–Trinajstić information content (AvgIpc) is 3.23. The van der Waals surface area contributed by atoms with Crippen LogP contribution >= 0.6 is 15.9 Å². The summed E-state index contributed by atoms with van der Waals surface area (Å²) in [5, 5.41) is 11.1. The number of carbonyl (C=O) groups excluding carboxylic acids is 1. The predicted octanol–water partition coefficient (Wildman–Crippen LogP) is 2.63. The molecule has 0 N–H and O–H groups in total. The number of hydrogen-bond acceptors (Lipinski definition) is 4. The number of benzene rings is 2. The Morgan fingerprint density at radius 1 is 1.17 bits per heavy atom. The van der Waals surface area contributed by atoms with Crippen LogP contribution in [0.5, 0.6) is 0 Å². The van der Waals surface area contributed by atoms with Crippen molar-refractivity contribution in [1.82, 2.24) is 20.2 Å². The lowest BCUT2D eigenvalue weighted by Gasteiger charge is -2.17. The molecule has 0 unspecified atom stereocenters. The molecular weight excluding hydrogens is 358 g/mol. The van der Waals surface area contributed by atoms with Crippen LogP contribution in [-0.4, -0.2) is 32.7 Å². The fourth-order valence-corrected chi connectivity index (χ4v) is 3.21. The third-order valence-electron chi connectivity index (χ3n) is 3.89. The number of anilines is 1. The highest BCUT2D eigenvalue weighted by Crippen LogP contribution is 2.31. The lowest BCUT2D eigenvalue weighted by Crippen LogP contribution is -2.28. The zero-order chi connectivity index (χ0) is 15.8. The first kappa shape index (κ1) is 14.1. The second-order valence-corrected chi connectivity index (χ2v) is 6.20. The Hall–Kier alpha value is -2.54. The lowest BCUT2D eigenvalue weighted by atomic mass is 10.1. The number of hydrogen-bond donors (Lipinski definition) is 0. The number of halogens is 1. The summed E-state index contributed by atoms with van der Waals surface area (Å²) < 4.78 is 2.57. The van der Waals surface area contributed by atoms with E-state index in [0.29, 0.717) is 12.1 Å². The Labute approximate surface area is 140 Å². The fourth-order valence-electron chi connectivity index (χ4n) is 2.80. The van der Waals surface area contributed by atoms with E-state index in [4.69, 9.17) is 0 Å². The molecule has 1 aliphatic heterocycles. The van der Waals surface area contributed by atoms with Gasteiger partial charge in [-0.1, -0.05) is 22.0 Å². The molecule has 0 saturated heterocycles. The molecule has 23 heavy (non-hydrogen) atoms. The van der Waals surface area contributed by atoms with Gasteiger partial charge in [0.15, 0.2) is 0 Å². The maximum absolute atomic E-state index is 12.9. The van der Waals surface area contributed by atoms with Gasteiger partial charge in [-0.05, 0) is 58.8 Å². The van der Waals surface area contributed by atoms with E-state index < -0.39 is 0 Å². The van der Waals surface area contributed by atoms with Crippen molar-refractivity contribution in [3.05, 3.63) is 64.4 Å². The summed E-state index contributed by atoms with van der Waals surface area (Å²) in [5.41, 5.74) is 3.54. The molecule has 2 aromatic carbocycles. The number of fused-ring (bicyclic) bond motifs is 1. The predicted molar refractivity (Wildman–Crippen MR) is 88.7 cm³/mol. The molecule has 3 aromatic rings. The van der Waals surface area contributed by atoms with E-state index in [1.165, 1.54) is 16.6 Å². The van der Waals surface area contributed by atoms with Gasteiger partial charge in [0.25, 0.3) is 5.91 Å². The molecule has 0 spiro atoms. The minimum absolute atomic E-state index is 0.0130. The third-order valence-corrected chi connectivity index (χ3v) is 4.38. The molecule has 0 bridgehead atoms. The number of amides is 1. The Morgan fingerprint density at radius 3 is 2.91 bits per heavy atom. The molecule has 7 heteroatoms. The maximum atomic E-state index is 12.9. The normalized spacial score (nSPS) is 13.2. The molecule has 0 radical (unpaired) electrons. The van der Waals surface area contributed by atoms with Gasteiger partial charge in [0.1, 0.15) is 6.33 Å². The van der Waals surface area contributed by atoms with Crippen molar-refractivity contribution >= 4 is 27.5 Å². The zero-order valence-electron chi connectivity index (χ0n) is 12.1. The van der Waals surface area contributed by atoms with Gasteiger partial charge in [-0.15, -0.1) is 5.10 Å². The lowest BCUT2D eigenvalue weighted by molar-refractivity contribution is 0.0989. The van der Waals surface area contributed by atoms with Crippen molar-refractivity contribution < 1.29 is 4.79 Å². The van der Waals surface area contributed by atoms with Gasteiger partial charge in [0.2, 0.25) is 0 Å². The summed E-state index contributed by atoms with van der Waals surface area (Å²) >= 11 is 3.47. The summed E-state index contributed by atoms with van der Waals surface area (Å²) in [6.45, 7) is 0.694. The zero-order valence-corrected chi connectivity index (χ0v) is 13.6. The van der Waals surface area contributed by atoms with Crippen molar-refractivity contribution in [2.45, 2.75) is 6.42 Å². The number of tetrazole rings is 1. The van der Waals surface area contributed by atoms with Crippen LogP contribution in [0.3, 0.4) is 0 Å². The van der Waals surface area contributed by atoms with Crippen LogP contribution in [0.25, 0.3) is 5.69 Å². The molecule has 0 atom stereocenters. The van der Waals surface area contributed by atoms with Gasteiger partial charge < -0.3 is 4.90 Å². The fraction of sp³-hybridized carbons (Fsp3) is 0.125. The van der Waals surface area contributed by atoms with Gasteiger partial charge in [0.05, 0.1) is 5.69 Å². The molecule has 1 aliphatic rings. The van der Waals surface area contributed by atoms with Gasteiger partial charge in [0, 0.05) is 22.3 Å². The van der Waals surface area contributed by atoms with Crippen LogP contribution in [0.4, 0.5) is 5.69 Å². The van der Waals surface area contributed by atoms with Crippen LogP contribution in [-0.2, 0) is 6.42 Å². The van der Waals surface area contributed by atoms with E-state index in [1.54, 1.807) is 6.07 Å². The summed E-state index contributed by atoms with van der Waals surface area (Å²) in [7, 11) is 0. The topological polar surface area (TPSA) is 63.9 Å². The summed E-state index contributed by atoms with van der Waals surface area (Å²) in [6.07, 6.45) is 2.37. The summed E-state index contributed by atoms with van der Waals surface area (Å²) in [4.78, 5) is 14.7. The molecule has 1 aromatic heterocycles. The highest BCUT2D eigenvalue weighted by molar-refractivity contribution is 9.10. The van der Waals surface area contributed by atoms with E-state index in [2.05, 4.69) is 37.5 Å². The number of rotatable bonds is 2. The summed E-state index contributed by atoms with van der Waals surface area (Å²) in [6, 6.07) is 13.3. The Bertz CT molecular complexity index is 878. The first-order valence-electron chi connectivity index (χ1n) is 7.16. The SMILES string of the molecule is O=C(c1cccc(-n2cnnn2)c1)N1CCc2cc(Br)ccc21. The van der Waals surface area contributed by atoms with Gasteiger partial charge >= 0.3 is 0 Å². The van der Waals surface area contributed by atoms with E-state index in [-0.39, 0.29) is 5.91 Å². The standard InChI is InChI=1S/C16H12BrN5O/c17-13-4-5-15-11(8-13)6-7-21(15)16(23)12-2-1-3-14(9-12)22-10-18-19-20-22/h1-5,8-10H,6-7H2. The third kappa shape index (κ3) is 2.53. The molecule has 2 heterocycles. The Morgan fingerprint density at radius 2 is 2.09 bits per heavy atom. The van der Waals surface area contributed by atoms with Gasteiger partial charge in [-0.25, -0.2) is 4.68 Å². The molecule has 0 aliphatic carbocycles. The second-order valence-electron chi connectivity index (χ2n) is 5.28. The second kappa shape index (κ2) is 5.58. The van der Waals surface area contributed by atoms with Crippen molar-refractivity contribution in [2.24, 2.45) is 0 Å². The van der Waals surface area contributed by atoms with Crippen molar-refractivity contribution in [3.8, 4) is 5.69 Å². The highest BCUT2D eigenvalue weighted by atomic mass is 79.9. The maximum Gasteiger partial charge on any atom is 0.258 e. The number of nitrogens with zero attached hydrogens (tertiary/aromatic N) is 5. The highest BCUT2D eigenvalue weighted by Gasteiger charge is 2.25. The van der Waals surface area contributed by atoms with Crippen LogP contribution in [0, 0.1) is 0 Å². The average molecular weight is 370 g/mol. The molecule has 4 rings (SSSR count). The quantitative estimate of drug-likeness (QED) is 0.696.